The number of benzene rings is 1. The van der Waals surface area contributed by atoms with Crippen LogP contribution in [0.1, 0.15) is 11.7 Å². The van der Waals surface area contributed by atoms with Gasteiger partial charge in [-0.1, -0.05) is 18.2 Å². The summed E-state index contributed by atoms with van der Waals surface area (Å²) in [5.41, 5.74) is 1.34. The standard InChI is InChI=1S/C9H9NO3/c11-8-5-3-1-2-4-6(5)10-7(8)9(12)13/h1-4,7-8,10-11H,(H,12,13). The number of fused-ring (bicyclic) bond motifs is 1. The molecule has 1 aromatic carbocycles. The average molecular weight is 179 g/mol. The number of carboxylic acids is 1. The van der Waals surface area contributed by atoms with Gasteiger partial charge in [-0.3, -0.25) is 0 Å². The van der Waals surface area contributed by atoms with E-state index in [2.05, 4.69) is 5.32 Å². The maximum absolute atomic E-state index is 10.7. The normalized spacial score (nSPS) is 25.0. The van der Waals surface area contributed by atoms with E-state index in [9.17, 15) is 9.90 Å². The predicted octanol–water partition coefficient (Wildman–Crippen LogP) is 0.599. The summed E-state index contributed by atoms with van der Waals surface area (Å²) in [6.07, 6.45) is -0.950. The van der Waals surface area contributed by atoms with Crippen LogP contribution in [0.4, 0.5) is 5.69 Å². The van der Waals surface area contributed by atoms with Crippen LogP contribution in [-0.4, -0.2) is 22.2 Å². The molecule has 4 nitrogen and oxygen atoms in total. The fourth-order valence-corrected chi connectivity index (χ4v) is 1.51. The second-order valence-corrected chi connectivity index (χ2v) is 2.99. The number of aliphatic hydroxyl groups excluding tert-OH is 1. The van der Waals surface area contributed by atoms with Crippen LogP contribution in [0.25, 0.3) is 0 Å². The van der Waals surface area contributed by atoms with Gasteiger partial charge in [0, 0.05) is 11.3 Å². The van der Waals surface area contributed by atoms with Gasteiger partial charge in [0.05, 0.1) is 0 Å². The van der Waals surface area contributed by atoms with Crippen molar-refractivity contribution in [2.24, 2.45) is 0 Å². The molecular formula is C9H9NO3. The molecule has 1 aromatic rings. The first-order valence-corrected chi connectivity index (χ1v) is 3.96. The lowest BCUT2D eigenvalue weighted by Gasteiger charge is -2.08. The number of nitrogens with one attached hydrogen (secondary N) is 1. The molecule has 3 N–H and O–H groups in total. The lowest BCUT2D eigenvalue weighted by Crippen LogP contribution is -2.29. The van der Waals surface area contributed by atoms with Gasteiger partial charge in [0.15, 0.2) is 6.04 Å². The maximum atomic E-state index is 10.7. The Morgan fingerprint density at radius 2 is 2.08 bits per heavy atom. The van der Waals surface area contributed by atoms with Crippen molar-refractivity contribution in [3.63, 3.8) is 0 Å². The minimum absolute atomic E-state index is 0.648. The maximum Gasteiger partial charge on any atom is 0.329 e. The van der Waals surface area contributed by atoms with Crippen LogP contribution in [0.15, 0.2) is 24.3 Å². The SMILES string of the molecule is O=C(O)C1Nc2ccccc2C1O. The van der Waals surface area contributed by atoms with Gasteiger partial charge in [0.1, 0.15) is 6.10 Å². The highest BCUT2D eigenvalue weighted by atomic mass is 16.4. The minimum atomic E-state index is -1.04. The number of aliphatic carboxylic acids is 1. The highest BCUT2D eigenvalue weighted by Crippen LogP contribution is 2.33. The van der Waals surface area contributed by atoms with Crippen molar-refractivity contribution < 1.29 is 15.0 Å². The zero-order valence-corrected chi connectivity index (χ0v) is 6.77. The average Bonchev–Trinajstić information content (AvgIpc) is 2.45. The molecular weight excluding hydrogens is 170 g/mol. The molecule has 2 unspecified atom stereocenters. The molecule has 68 valence electrons. The molecule has 0 radical (unpaired) electrons. The van der Waals surface area contributed by atoms with Gasteiger partial charge in [0.25, 0.3) is 0 Å². The monoisotopic (exact) mass is 179 g/mol. The van der Waals surface area contributed by atoms with Gasteiger partial charge < -0.3 is 15.5 Å². The van der Waals surface area contributed by atoms with Gasteiger partial charge >= 0.3 is 5.97 Å². The minimum Gasteiger partial charge on any atom is -0.480 e. The number of hydrogen-bond acceptors (Lipinski definition) is 3. The summed E-state index contributed by atoms with van der Waals surface area (Å²) in [5, 5.41) is 21.0. The van der Waals surface area contributed by atoms with E-state index in [4.69, 9.17) is 5.11 Å². The number of para-hydroxylation sites is 1. The summed E-state index contributed by atoms with van der Waals surface area (Å²) < 4.78 is 0. The molecule has 0 bridgehead atoms. The highest BCUT2D eigenvalue weighted by molar-refractivity contribution is 5.82. The van der Waals surface area contributed by atoms with E-state index in [0.29, 0.717) is 11.3 Å². The van der Waals surface area contributed by atoms with E-state index in [-0.39, 0.29) is 0 Å². The molecule has 0 saturated carbocycles. The Hall–Kier alpha value is -1.55. The molecule has 1 heterocycles. The smallest absolute Gasteiger partial charge is 0.329 e. The quantitative estimate of drug-likeness (QED) is 0.590. The molecule has 1 aliphatic heterocycles. The molecule has 2 atom stereocenters. The number of carbonyl (C=O) groups is 1. The van der Waals surface area contributed by atoms with Crippen LogP contribution >= 0.6 is 0 Å². The van der Waals surface area contributed by atoms with Gasteiger partial charge in [-0.2, -0.15) is 0 Å². The molecule has 13 heavy (non-hydrogen) atoms. The van der Waals surface area contributed by atoms with Crippen LogP contribution in [0.2, 0.25) is 0 Å². The zero-order chi connectivity index (χ0) is 9.42. The van der Waals surface area contributed by atoms with Crippen molar-refractivity contribution >= 4 is 11.7 Å². The molecule has 0 aromatic heterocycles. The topological polar surface area (TPSA) is 69.6 Å². The third-order valence-corrected chi connectivity index (χ3v) is 2.17. The zero-order valence-electron chi connectivity index (χ0n) is 6.77. The summed E-state index contributed by atoms with van der Waals surface area (Å²) in [6, 6.07) is 6.12. The van der Waals surface area contributed by atoms with Crippen LogP contribution < -0.4 is 5.32 Å². The molecule has 1 aliphatic rings. The van der Waals surface area contributed by atoms with E-state index in [1.807, 2.05) is 0 Å². The Balaban J connectivity index is 2.38. The first kappa shape index (κ1) is 8.07. The molecule has 0 aliphatic carbocycles. The fraction of sp³-hybridized carbons (Fsp3) is 0.222. The van der Waals surface area contributed by atoms with Gasteiger partial charge in [-0.05, 0) is 6.07 Å². The van der Waals surface area contributed by atoms with Crippen molar-refractivity contribution in [2.75, 3.05) is 5.32 Å². The third-order valence-electron chi connectivity index (χ3n) is 2.17. The molecule has 4 heteroatoms. The number of carboxylic acid groups (broad SMARTS) is 1. The van der Waals surface area contributed by atoms with Crippen LogP contribution in [0.5, 0.6) is 0 Å². The molecule has 2 rings (SSSR count). The van der Waals surface area contributed by atoms with E-state index in [1.54, 1.807) is 24.3 Å². The Morgan fingerprint density at radius 3 is 2.69 bits per heavy atom. The second kappa shape index (κ2) is 2.74. The van der Waals surface area contributed by atoms with E-state index < -0.39 is 18.1 Å². The van der Waals surface area contributed by atoms with Gasteiger partial charge in [-0.25, -0.2) is 4.79 Å². The van der Waals surface area contributed by atoms with E-state index >= 15 is 0 Å². The fourth-order valence-electron chi connectivity index (χ4n) is 1.51. The molecule has 0 fully saturated rings. The number of rotatable bonds is 1. The summed E-state index contributed by atoms with van der Waals surface area (Å²) in [6.45, 7) is 0. The van der Waals surface area contributed by atoms with Crippen molar-refractivity contribution in [3.05, 3.63) is 29.8 Å². The van der Waals surface area contributed by atoms with Crippen molar-refractivity contribution in [3.8, 4) is 0 Å². The number of aliphatic hydroxyl groups is 1. The van der Waals surface area contributed by atoms with Crippen molar-refractivity contribution in [1.29, 1.82) is 0 Å². The Bertz CT molecular complexity index is 350. The first-order valence-electron chi connectivity index (χ1n) is 3.96. The Kier molecular flexibility index (Phi) is 1.70. The lowest BCUT2D eigenvalue weighted by atomic mass is 10.1. The third kappa shape index (κ3) is 1.15. The summed E-state index contributed by atoms with van der Waals surface area (Å²) in [7, 11) is 0. The number of anilines is 1. The van der Waals surface area contributed by atoms with Crippen LogP contribution in [0, 0.1) is 0 Å². The van der Waals surface area contributed by atoms with E-state index in [0.717, 1.165) is 0 Å². The second-order valence-electron chi connectivity index (χ2n) is 2.99. The largest absolute Gasteiger partial charge is 0.480 e. The Labute approximate surface area is 74.8 Å². The van der Waals surface area contributed by atoms with Gasteiger partial charge in [0.2, 0.25) is 0 Å². The molecule has 0 amide bonds. The molecule has 0 saturated heterocycles. The van der Waals surface area contributed by atoms with E-state index in [1.165, 1.54) is 0 Å². The summed E-state index contributed by atoms with van der Waals surface area (Å²) in [5.74, 6) is -1.04. The summed E-state index contributed by atoms with van der Waals surface area (Å²) in [4.78, 5) is 10.7. The van der Waals surface area contributed by atoms with Crippen LogP contribution in [0.3, 0.4) is 0 Å². The van der Waals surface area contributed by atoms with Crippen LogP contribution in [-0.2, 0) is 4.79 Å². The predicted molar refractivity (Wildman–Crippen MR) is 46.4 cm³/mol. The Morgan fingerprint density at radius 1 is 1.38 bits per heavy atom. The van der Waals surface area contributed by atoms with Crippen molar-refractivity contribution in [2.45, 2.75) is 12.1 Å². The summed E-state index contributed by atoms with van der Waals surface area (Å²) >= 11 is 0. The highest BCUT2D eigenvalue weighted by Gasteiger charge is 2.35. The number of hydrogen-bond donors (Lipinski definition) is 3. The lowest BCUT2D eigenvalue weighted by molar-refractivity contribution is -0.140. The first-order chi connectivity index (χ1) is 6.20. The van der Waals surface area contributed by atoms with Gasteiger partial charge in [-0.15, -0.1) is 0 Å². The molecule has 0 spiro atoms. The van der Waals surface area contributed by atoms with Crippen molar-refractivity contribution in [1.82, 2.24) is 0 Å².